The van der Waals surface area contributed by atoms with Crippen molar-refractivity contribution in [2.45, 2.75) is 39.7 Å². The summed E-state index contributed by atoms with van der Waals surface area (Å²) in [6, 6.07) is 8.03. The Kier molecular flexibility index (Phi) is 6.07. The van der Waals surface area contributed by atoms with E-state index in [1.807, 2.05) is 57.2 Å². The molecule has 0 saturated heterocycles. The molecule has 1 aromatic rings. The molecule has 2 heteroatoms. The van der Waals surface area contributed by atoms with Crippen LogP contribution in [0.25, 0.3) is 5.57 Å². The number of ether oxygens (including phenoxy) is 1. The molecule has 0 fully saturated rings. The first kappa shape index (κ1) is 15.2. The lowest BCUT2D eigenvalue weighted by Crippen LogP contribution is -2.08. The Balaban J connectivity index is 2.75. The van der Waals surface area contributed by atoms with Crippen molar-refractivity contribution in [3.05, 3.63) is 54.1 Å². The van der Waals surface area contributed by atoms with Gasteiger partial charge in [-0.1, -0.05) is 49.9 Å². The predicted octanol–water partition coefficient (Wildman–Crippen LogP) is 4.68. The van der Waals surface area contributed by atoms with Gasteiger partial charge in [-0.25, -0.2) is 0 Å². The number of esters is 1. The molecule has 0 bridgehead atoms. The van der Waals surface area contributed by atoms with Gasteiger partial charge in [0.1, 0.15) is 6.10 Å². The van der Waals surface area contributed by atoms with Crippen LogP contribution in [-0.2, 0) is 9.53 Å². The van der Waals surface area contributed by atoms with Gasteiger partial charge in [-0.05, 0) is 37.0 Å². The molecule has 0 saturated carbocycles. The van der Waals surface area contributed by atoms with E-state index in [0.717, 1.165) is 23.1 Å². The number of hydrogen-bond acceptors (Lipinski definition) is 2. The van der Waals surface area contributed by atoms with E-state index in [2.05, 4.69) is 6.58 Å². The van der Waals surface area contributed by atoms with Crippen molar-refractivity contribution in [1.29, 1.82) is 0 Å². The summed E-state index contributed by atoms with van der Waals surface area (Å²) >= 11 is 0. The Morgan fingerprint density at radius 1 is 1.37 bits per heavy atom. The minimum absolute atomic E-state index is 0.140. The van der Waals surface area contributed by atoms with Gasteiger partial charge in [-0.15, -0.1) is 0 Å². The predicted molar refractivity (Wildman–Crippen MR) is 79.7 cm³/mol. The van der Waals surface area contributed by atoms with Gasteiger partial charge >= 0.3 is 5.97 Å². The van der Waals surface area contributed by atoms with Crippen LogP contribution in [0.4, 0.5) is 0 Å². The fourth-order valence-corrected chi connectivity index (χ4v) is 1.88. The molecular formula is C17H22O2. The summed E-state index contributed by atoms with van der Waals surface area (Å²) in [4.78, 5) is 11.4. The SMILES string of the molecule is C=C/C(=C\C)c1ccc(C(C)OC(=O)CCC)cc1. The summed E-state index contributed by atoms with van der Waals surface area (Å²) in [5.41, 5.74) is 3.23. The molecule has 1 atom stereocenters. The average Bonchev–Trinajstić information content (AvgIpc) is 2.41. The van der Waals surface area contributed by atoms with Gasteiger partial charge in [0.2, 0.25) is 0 Å². The van der Waals surface area contributed by atoms with Gasteiger partial charge < -0.3 is 4.74 Å². The summed E-state index contributed by atoms with van der Waals surface area (Å²) in [6.45, 7) is 9.64. The highest BCUT2D eigenvalue weighted by Crippen LogP contribution is 2.21. The van der Waals surface area contributed by atoms with Crippen LogP contribution in [0, 0.1) is 0 Å². The van der Waals surface area contributed by atoms with Crippen LogP contribution in [0.5, 0.6) is 0 Å². The molecule has 2 nitrogen and oxygen atoms in total. The lowest BCUT2D eigenvalue weighted by molar-refractivity contribution is -0.148. The molecule has 1 unspecified atom stereocenters. The maximum Gasteiger partial charge on any atom is 0.306 e. The smallest absolute Gasteiger partial charge is 0.306 e. The van der Waals surface area contributed by atoms with Crippen LogP contribution >= 0.6 is 0 Å². The van der Waals surface area contributed by atoms with E-state index < -0.39 is 0 Å². The third kappa shape index (κ3) is 4.40. The van der Waals surface area contributed by atoms with Crippen molar-refractivity contribution in [3.63, 3.8) is 0 Å². The summed E-state index contributed by atoms with van der Waals surface area (Å²) in [7, 11) is 0. The van der Waals surface area contributed by atoms with E-state index in [9.17, 15) is 4.79 Å². The molecule has 102 valence electrons. The lowest BCUT2D eigenvalue weighted by Gasteiger charge is -2.14. The number of allylic oxidation sites excluding steroid dienone is 3. The third-order valence-electron chi connectivity index (χ3n) is 3.01. The normalized spacial score (nSPS) is 12.9. The van der Waals surface area contributed by atoms with Crippen LogP contribution in [0.2, 0.25) is 0 Å². The zero-order chi connectivity index (χ0) is 14.3. The zero-order valence-corrected chi connectivity index (χ0v) is 12.0. The fourth-order valence-electron chi connectivity index (χ4n) is 1.88. The molecule has 0 amide bonds. The van der Waals surface area contributed by atoms with Gasteiger partial charge in [0, 0.05) is 6.42 Å². The summed E-state index contributed by atoms with van der Waals surface area (Å²) in [6.07, 6.45) is 4.94. The highest BCUT2D eigenvalue weighted by molar-refractivity contribution is 5.73. The first-order chi connectivity index (χ1) is 9.12. The van der Waals surface area contributed by atoms with Gasteiger partial charge in [-0.3, -0.25) is 4.79 Å². The van der Waals surface area contributed by atoms with Crippen LogP contribution in [-0.4, -0.2) is 5.97 Å². The van der Waals surface area contributed by atoms with Gasteiger partial charge in [-0.2, -0.15) is 0 Å². The number of carbonyl (C=O) groups excluding carboxylic acids is 1. The summed E-state index contributed by atoms with van der Waals surface area (Å²) in [5.74, 6) is -0.140. The molecule has 0 spiro atoms. The second-order valence-corrected chi connectivity index (χ2v) is 4.45. The first-order valence-corrected chi connectivity index (χ1v) is 6.70. The average molecular weight is 258 g/mol. The van der Waals surface area contributed by atoms with Crippen LogP contribution in [0.3, 0.4) is 0 Å². The van der Waals surface area contributed by atoms with Crippen molar-refractivity contribution in [2.24, 2.45) is 0 Å². The van der Waals surface area contributed by atoms with Crippen LogP contribution < -0.4 is 0 Å². The van der Waals surface area contributed by atoms with Crippen LogP contribution in [0.1, 0.15) is 50.8 Å². The fraction of sp³-hybridized carbons (Fsp3) is 0.353. The van der Waals surface area contributed by atoms with Crippen molar-refractivity contribution < 1.29 is 9.53 Å². The summed E-state index contributed by atoms with van der Waals surface area (Å²) < 4.78 is 5.36. The van der Waals surface area contributed by atoms with Gasteiger partial charge in [0.05, 0.1) is 0 Å². The van der Waals surface area contributed by atoms with E-state index in [0.29, 0.717) is 6.42 Å². The minimum atomic E-state index is -0.203. The second-order valence-electron chi connectivity index (χ2n) is 4.45. The van der Waals surface area contributed by atoms with Crippen molar-refractivity contribution in [2.75, 3.05) is 0 Å². The van der Waals surface area contributed by atoms with Crippen LogP contribution in [0.15, 0.2) is 43.0 Å². The molecule has 0 aliphatic carbocycles. The third-order valence-corrected chi connectivity index (χ3v) is 3.01. The first-order valence-electron chi connectivity index (χ1n) is 6.70. The maximum absolute atomic E-state index is 11.4. The number of benzene rings is 1. The molecule has 0 aliphatic rings. The monoisotopic (exact) mass is 258 g/mol. The second kappa shape index (κ2) is 7.57. The standard InChI is InChI=1S/C17H22O2/c1-5-8-17(18)19-13(4)15-9-11-16(12-10-15)14(6-2)7-3/h6-7,9-13H,2,5,8H2,1,3-4H3/b14-7+. The van der Waals surface area contributed by atoms with Crippen molar-refractivity contribution in [1.82, 2.24) is 0 Å². The molecular weight excluding hydrogens is 236 g/mol. The van der Waals surface area contributed by atoms with Gasteiger partial charge in [0.15, 0.2) is 0 Å². The number of hydrogen-bond donors (Lipinski definition) is 0. The highest BCUT2D eigenvalue weighted by Gasteiger charge is 2.10. The topological polar surface area (TPSA) is 26.3 Å². The Bertz CT molecular complexity index is 455. The molecule has 1 aromatic carbocycles. The van der Waals surface area contributed by atoms with E-state index in [4.69, 9.17) is 4.74 Å². The van der Waals surface area contributed by atoms with E-state index in [1.165, 1.54) is 0 Å². The molecule has 0 aromatic heterocycles. The molecule has 0 N–H and O–H groups in total. The van der Waals surface area contributed by atoms with E-state index in [-0.39, 0.29) is 12.1 Å². The van der Waals surface area contributed by atoms with Crippen molar-refractivity contribution >= 4 is 11.5 Å². The lowest BCUT2D eigenvalue weighted by atomic mass is 10.0. The molecule has 19 heavy (non-hydrogen) atoms. The maximum atomic E-state index is 11.4. The molecule has 0 radical (unpaired) electrons. The Morgan fingerprint density at radius 2 is 2.00 bits per heavy atom. The van der Waals surface area contributed by atoms with E-state index in [1.54, 1.807) is 0 Å². The Hall–Kier alpha value is -1.83. The summed E-state index contributed by atoms with van der Waals surface area (Å²) in [5, 5.41) is 0. The zero-order valence-electron chi connectivity index (χ0n) is 12.0. The number of rotatable bonds is 6. The molecule has 1 rings (SSSR count). The minimum Gasteiger partial charge on any atom is -0.458 e. The van der Waals surface area contributed by atoms with E-state index >= 15 is 0 Å². The quantitative estimate of drug-likeness (QED) is 0.547. The highest BCUT2D eigenvalue weighted by atomic mass is 16.5. The molecule has 0 aliphatic heterocycles. The van der Waals surface area contributed by atoms with Crippen molar-refractivity contribution in [3.8, 4) is 0 Å². The Morgan fingerprint density at radius 3 is 2.47 bits per heavy atom. The molecule has 0 heterocycles. The Labute approximate surface area is 115 Å². The largest absolute Gasteiger partial charge is 0.458 e. The van der Waals surface area contributed by atoms with Gasteiger partial charge in [0.25, 0.3) is 0 Å². The number of carbonyl (C=O) groups is 1.